The lowest BCUT2D eigenvalue weighted by Crippen LogP contribution is -2.41. The van der Waals surface area contributed by atoms with E-state index in [1.807, 2.05) is 7.05 Å². The molecule has 0 bridgehead atoms. The topological polar surface area (TPSA) is 24.5 Å². The number of aryl methyl sites for hydroxylation is 2. The van der Waals surface area contributed by atoms with Crippen LogP contribution in [0.3, 0.4) is 0 Å². The van der Waals surface area contributed by atoms with Crippen molar-refractivity contribution in [1.82, 2.24) is 10.2 Å². The van der Waals surface area contributed by atoms with Crippen LogP contribution in [0.15, 0.2) is 18.2 Å². The number of nitrogens with one attached hydrogen (secondary N) is 1. The summed E-state index contributed by atoms with van der Waals surface area (Å²) in [4.78, 5) is 2.48. The second-order valence-electron chi connectivity index (χ2n) is 5.11. The summed E-state index contributed by atoms with van der Waals surface area (Å²) in [6.07, 6.45) is 0. The van der Waals surface area contributed by atoms with Gasteiger partial charge in [0.25, 0.3) is 0 Å². The van der Waals surface area contributed by atoms with Gasteiger partial charge in [0.1, 0.15) is 0 Å². The fourth-order valence-electron chi connectivity index (χ4n) is 2.52. The molecule has 1 heterocycles. The predicted octanol–water partition coefficient (Wildman–Crippen LogP) is 1.90. The van der Waals surface area contributed by atoms with Crippen LogP contribution in [-0.2, 0) is 4.74 Å². The fourth-order valence-corrected chi connectivity index (χ4v) is 2.52. The molecule has 0 spiro atoms. The Morgan fingerprint density at radius 3 is 2.67 bits per heavy atom. The van der Waals surface area contributed by atoms with Gasteiger partial charge in [-0.25, -0.2) is 0 Å². The highest BCUT2D eigenvalue weighted by Gasteiger charge is 2.18. The van der Waals surface area contributed by atoms with Gasteiger partial charge in [0.15, 0.2) is 0 Å². The zero-order valence-electron chi connectivity index (χ0n) is 11.7. The summed E-state index contributed by atoms with van der Waals surface area (Å²) < 4.78 is 5.40. The molecule has 3 nitrogen and oxygen atoms in total. The number of benzene rings is 1. The third-order valence-corrected chi connectivity index (χ3v) is 3.70. The van der Waals surface area contributed by atoms with Gasteiger partial charge >= 0.3 is 0 Å². The number of likely N-dealkylation sites (N-methyl/N-ethyl adjacent to an activating group) is 1. The van der Waals surface area contributed by atoms with Gasteiger partial charge in [-0.15, -0.1) is 0 Å². The van der Waals surface area contributed by atoms with Crippen molar-refractivity contribution >= 4 is 0 Å². The van der Waals surface area contributed by atoms with Crippen LogP contribution >= 0.6 is 0 Å². The number of ether oxygens (including phenoxy) is 1. The van der Waals surface area contributed by atoms with Crippen LogP contribution in [0.25, 0.3) is 0 Å². The summed E-state index contributed by atoms with van der Waals surface area (Å²) in [5.41, 5.74) is 4.12. The van der Waals surface area contributed by atoms with Gasteiger partial charge in [0.2, 0.25) is 0 Å². The zero-order valence-corrected chi connectivity index (χ0v) is 11.7. The molecule has 1 fully saturated rings. The van der Waals surface area contributed by atoms with E-state index in [4.69, 9.17) is 4.74 Å². The highest BCUT2D eigenvalue weighted by Crippen LogP contribution is 2.20. The van der Waals surface area contributed by atoms with Gasteiger partial charge in [-0.05, 0) is 32.0 Å². The molecule has 1 aliphatic rings. The van der Waals surface area contributed by atoms with E-state index in [0.717, 1.165) is 32.8 Å². The van der Waals surface area contributed by atoms with Crippen LogP contribution in [0.2, 0.25) is 0 Å². The highest BCUT2D eigenvalue weighted by atomic mass is 16.5. The molecule has 2 rings (SSSR count). The molecule has 18 heavy (non-hydrogen) atoms. The van der Waals surface area contributed by atoms with Gasteiger partial charge in [-0.3, -0.25) is 4.90 Å². The summed E-state index contributed by atoms with van der Waals surface area (Å²) >= 11 is 0. The second kappa shape index (κ2) is 6.32. The Morgan fingerprint density at radius 2 is 2.00 bits per heavy atom. The van der Waals surface area contributed by atoms with E-state index in [1.54, 1.807) is 0 Å². The van der Waals surface area contributed by atoms with E-state index in [1.165, 1.54) is 16.7 Å². The Balaban J connectivity index is 2.09. The van der Waals surface area contributed by atoms with E-state index >= 15 is 0 Å². The average Bonchev–Trinajstić information content (AvgIpc) is 2.40. The Bertz CT molecular complexity index is 386. The maximum atomic E-state index is 5.40. The Hall–Kier alpha value is -0.900. The maximum absolute atomic E-state index is 5.40. The lowest BCUT2D eigenvalue weighted by molar-refractivity contribution is 0.0338. The highest BCUT2D eigenvalue weighted by molar-refractivity contribution is 5.33. The fraction of sp³-hybridized carbons (Fsp3) is 0.600. The monoisotopic (exact) mass is 248 g/mol. The molecule has 1 unspecified atom stereocenters. The molecule has 0 aromatic heterocycles. The number of morpholine rings is 1. The van der Waals surface area contributed by atoms with Crippen molar-refractivity contribution in [3.63, 3.8) is 0 Å². The van der Waals surface area contributed by atoms with E-state index < -0.39 is 0 Å². The standard InChI is InChI=1S/C15H24N2O/c1-12-4-5-13(2)14(10-12)15(16-3)11-17-6-8-18-9-7-17/h4-5,10,15-16H,6-9,11H2,1-3H3. The van der Waals surface area contributed by atoms with Gasteiger partial charge < -0.3 is 10.1 Å². The van der Waals surface area contributed by atoms with E-state index in [2.05, 4.69) is 42.3 Å². The van der Waals surface area contributed by atoms with Gasteiger partial charge in [0, 0.05) is 25.7 Å². The van der Waals surface area contributed by atoms with Crippen molar-refractivity contribution in [2.45, 2.75) is 19.9 Å². The molecule has 1 aliphatic heterocycles. The van der Waals surface area contributed by atoms with Crippen LogP contribution in [-0.4, -0.2) is 44.8 Å². The zero-order chi connectivity index (χ0) is 13.0. The van der Waals surface area contributed by atoms with Gasteiger partial charge in [0.05, 0.1) is 13.2 Å². The van der Waals surface area contributed by atoms with E-state index in [9.17, 15) is 0 Å². The van der Waals surface area contributed by atoms with E-state index in [0.29, 0.717) is 6.04 Å². The predicted molar refractivity (Wildman–Crippen MR) is 75.0 cm³/mol. The largest absolute Gasteiger partial charge is 0.379 e. The number of nitrogens with zero attached hydrogens (tertiary/aromatic N) is 1. The Labute approximate surface area is 110 Å². The molecule has 1 aromatic carbocycles. The normalized spacial score (nSPS) is 18.8. The van der Waals surface area contributed by atoms with Crippen molar-refractivity contribution in [2.75, 3.05) is 39.9 Å². The van der Waals surface area contributed by atoms with Crippen molar-refractivity contribution in [3.05, 3.63) is 34.9 Å². The van der Waals surface area contributed by atoms with Gasteiger partial charge in [-0.1, -0.05) is 23.8 Å². The third kappa shape index (κ3) is 3.31. The van der Waals surface area contributed by atoms with Gasteiger partial charge in [-0.2, -0.15) is 0 Å². The molecule has 0 radical (unpaired) electrons. The summed E-state index contributed by atoms with van der Waals surface area (Å²) in [7, 11) is 2.05. The lowest BCUT2D eigenvalue weighted by atomic mass is 9.98. The van der Waals surface area contributed by atoms with Crippen LogP contribution in [0, 0.1) is 13.8 Å². The molecule has 0 aliphatic carbocycles. The minimum Gasteiger partial charge on any atom is -0.379 e. The molecule has 0 amide bonds. The van der Waals surface area contributed by atoms with Crippen molar-refractivity contribution in [2.24, 2.45) is 0 Å². The molecule has 100 valence electrons. The van der Waals surface area contributed by atoms with Crippen molar-refractivity contribution < 1.29 is 4.74 Å². The molecular weight excluding hydrogens is 224 g/mol. The minimum atomic E-state index is 0.406. The number of rotatable bonds is 4. The SMILES string of the molecule is CNC(CN1CCOCC1)c1cc(C)ccc1C. The van der Waals surface area contributed by atoms with Crippen molar-refractivity contribution in [3.8, 4) is 0 Å². The second-order valence-corrected chi connectivity index (χ2v) is 5.11. The Morgan fingerprint density at radius 1 is 1.28 bits per heavy atom. The van der Waals surface area contributed by atoms with Crippen LogP contribution in [0.4, 0.5) is 0 Å². The molecule has 1 N–H and O–H groups in total. The smallest absolute Gasteiger partial charge is 0.0594 e. The quantitative estimate of drug-likeness (QED) is 0.881. The number of hydrogen-bond donors (Lipinski definition) is 1. The minimum absolute atomic E-state index is 0.406. The summed E-state index contributed by atoms with van der Waals surface area (Å²) in [5.74, 6) is 0. The third-order valence-electron chi connectivity index (χ3n) is 3.70. The van der Waals surface area contributed by atoms with Crippen LogP contribution in [0.1, 0.15) is 22.7 Å². The molecule has 1 saturated heterocycles. The average molecular weight is 248 g/mol. The summed E-state index contributed by atoms with van der Waals surface area (Å²) in [6.45, 7) is 9.23. The first-order chi connectivity index (χ1) is 8.70. The van der Waals surface area contributed by atoms with Crippen LogP contribution in [0.5, 0.6) is 0 Å². The molecular formula is C15H24N2O. The Kier molecular flexibility index (Phi) is 4.75. The first-order valence-electron chi connectivity index (χ1n) is 6.75. The summed E-state index contributed by atoms with van der Waals surface area (Å²) in [6, 6.07) is 7.11. The molecule has 0 saturated carbocycles. The van der Waals surface area contributed by atoms with Crippen LogP contribution < -0.4 is 5.32 Å². The molecule has 3 heteroatoms. The van der Waals surface area contributed by atoms with E-state index in [-0.39, 0.29) is 0 Å². The maximum Gasteiger partial charge on any atom is 0.0594 e. The summed E-state index contributed by atoms with van der Waals surface area (Å²) in [5, 5.41) is 3.45. The first-order valence-corrected chi connectivity index (χ1v) is 6.75. The first kappa shape index (κ1) is 13.5. The molecule has 1 aromatic rings. The lowest BCUT2D eigenvalue weighted by Gasteiger charge is -2.31. The van der Waals surface area contributed by atoms with Crippen molar-refractivity contribution in [1.29, 1.82) is 0 Å². The number of hydrogen-bond acceptors (Lipinski definition) is 3. The molecule has 1 atom stereocenters.